The van der Waals surface area contributed by atoms with Gasteiger partial charge in [-0.15, -0.1) is 0 Å². The van der Waals surface area contributed by atoms with Crippen molar-refractivity contribution >= 4 is 16.8 Å². The molecule has 0 spiro atoms. The zero-order valence-electron chi connectivity index (χ0n) is 14.3. The molecule has 3 rings (SSSR count). The number of fused-ring (bicyclic) bond motifs is 1. The van der Waals surface area contributed by atoms with Crippen LogP contribution in [0.2, 0.25) is 0 Å². The Bertz CT molecular complexity index is 704. The summed E-state index contributed by atoms with van der Waals surface area (Å²) in [6, 6.07) is 3.75. The Morgan fingerprint density at radius 2 is 2.08 bits per heavy atom. The highest BCUT2D eigenvalue weighted by molar-refractivity contribution is 6.00. The molecule has 1 aliphatic heterocycles. The maximum absolute atomic E-state index is 12.3. The predicted molar refractivity (Wildman–Crippen MR) is 93.9 cm³/mol. The molecule has 1 aromatic heterocycles. The number of rotatable bonds is 6. The van der Waals surface area contributed by atoms with Crippen molar-refractivity contribution in [3.05, 3.63) is 29.5 Å². The van der Waals surface area contributed by atoms with Crippen LogP contribution in [0.4, 0.5) is 0 Å². The number of hydrogen-bond donors (Lipinski definition) is 2. The minimum Gasteiger partial charge on any atom is -0.396 e. The number of nitrogens with zero attached hydrogens (tertiary/aromatic N) is 3. The number of aliphatic hydroxyl groups excluding tert-OH is 1. The fraction of sp³-hybridized carbons (Fsp3) is 0.556. The first-order chi connectivity index (χ1) is 11.7. The van der Waals surface area contributed by atoms with Gasteiger partial charge in [-0.25, -0.2) is 0 Å². The molecule has 2 aromatic rings. The summed E-state index contributed by atoms with van der Waals surface area (Å²) >= 11 is 0. The average molecular weight is 330 g/mol. The van der Waals surface area contributed by atoms with E-state index in [9.17, 15) is 4.79 Å². The lowest BCUT2D eigenvalue weighted by atomic mass is 10.0. The molecular formula is C18H26N4O2. The first-order valence-electron chi connectivity index (χ1n) is 8.77. The number of aromatic nitrogens is 2. The minimum absolute atomic E-state index is 0.0849. The summed E-state index contributed by atoms with van der Waals surface area (Å²) in [5.74, 6) is -0.0911. The fourth-order valence-corrected chi connectivity index (χ4v) is 3.28. The smallest absolute Gasteiger partial charge is 0.251 e. The number of benzene rings is 1. The highest BCUT2D eigenvalue weighted by atomic mass is 16.3. The summed E-state index contributed by atoms with van der Waals surface area (Å²) < 4.78 is 1.98. The van der Waals surface area contributed by atoms with Crippen LogP contribution in [0.15, 0.2) is 18.3 Å². The Balaban J connectivity index is 1.76. The molecule has 1 fully saturated rings. The third-order valence-corrected chi connectivity index (χ3v) is 4.66. The van der Waals surface area contributed by atoms with Crippen LogP contribution >= 0.6 is 0 Å². The molecule has 2 N–H and O–H groups in total. The topological polar surface area (TPSA) is 70.4 Å². The zero-order chi connectivity index (χ0) is 16.9. The Morgan fingerprint density at radius 3 is 2.83 bits per heavy atom. The van der Waals surface area contributed by atoms with E-state index in [1.54, 1.807) is 0 Å². The maximum atomic E-state index is 12.3. The number of aliphatic hydroxyl groups is 1. The van der Waals surface area contributed by atoms with Gasteiger partial charge in [-0.1, -0.05) is 6.42 Å². The molecule has 1 aliphatic rings. The van der Waals surface area contributed by atoms with E-state index in [2.05, 4.69) is 15.3 Å². The van der Waals surface area contributed by atoms with E-state index < -0.39 is 0 Å². The van der Waals surface area contributed by atoms with Gasteiger partial charge >= 0.3 is 0 Å². The number of piperidine rings is 1. The number of nitrogens with one attached hydrogen (secondary N) is 1. The number of amides is 1. The Hall–Kier alpha value is -1.92. The van der Waals surface area contributed by atoms with Crippen molar-refractivity contribution < 1.29 is 9.90 Å². The van der Waals surface area contributed by atoms with Crippen LogP contribution in [0.5, 0.6) is 0 Å². The lowest BCUT2D eigenvalue weighted by Gasteiger charge is -2.25. The van der Waals surface area contributed by atoms with Crippen molar-refractivity contribution in [2.45, 2.75) is 39.3 Å². The van der Waals surface area contributed by atoms with Crippen molar-refractivity contribution in [2.24, 2.45) is 0 Å². The highest BCUT2D eigenvalue weighted by Gasteiger charge is 2.15. The molecule has 2 heterocycles. The van der Waals surface area contributed by atoms with Gasteiger partial charge in [0.05, 0.1) is 12.2 Å². The molecule has 0 radical (unpaired) electrons. The zero-order valence-corrected chi connectivity index (χ0v) is 14.3. The third kappa shape index (κ3) is 3.76. The van der Waals surface area contributed by atoms with Gasteiger partial charge in [0.2, 0.25) is 0 Å². The van der Waals surface area contributed by atoms with Crippen LogP contribution in [0.1, 0.15) is 41.6 Å². The molecule has 0 unspecified atom stereocenters. The molecular weight excluding hydrogens is 304 g/mol. The first-order valence-corrected chi connectivity index (χ1v) is 8.77. The quantitative estimate of drug-likeness (QED) is 0.794. The molecule has 0 aliphatic carbocycles. The van der Waals surface area contributed by atoms with Gasteiger partial charge in [-0.2, -0.15) is 5.10 Å². The number of carbonyl (C=O) groups excluding carboxylic acids is 1. The van der Waals surface area contributed by atoms with Crippen molar-refractivity contribution in [1.82, 2.24) is 20.0 Å². The second kappa shape index (κ2) is 7.77. The molecule has 6 nitrogen and oxygen atoms in total. The van der Waals surface area contributed by atoms with E-state index in [4.69, 9.17) is 5.11 Å². The van der Waals surface area contributed by atoms with Gasteiger partial charge in [0.1, 0.15) is 0 Å². The molecule has 0 bridgehead atoms. The summed E-state index contributed by atoms with van der Waals surface area (Å²) in [5, 5.41) is 17.3. The fourth-order valence-electron chi connectivity index (χ4n) is 3.28. The van der Waals surface area contributed by atoms with Crippen molar-refractivity contribution in [2.75, 3.05) is 26.2 Å². The molecule has 130 valence electrons. The summed E-state index contributed by atoms with van der Waals surface area (Å²) in [6.45, 7) is 5.62. The first kappa shape index (κ1) is 16.9. The summed E-state index contributed by atoms with van der Waals surface area (Å²) in [6.07, 6.45) is 6.46. The normalized spacial score (nSPS) is 15.8. The monoisotopic (exact) mass is 330 g/mol. The van der Waals surface area contributed by atoms with Gasteiger partial charge in [-0.3, -0.25) is 14.4 Å². The lowest BCUT2D eigenvalue weighted by Crippen LogP contribution is -2.31. The summed E-state index contributed by atoms with van der Waals surface area (Å²) in [4.78, 5) is 14.7. The maximum Gasteiger partial charge on any atom is 0.251 e. The number of hydrogen-bond acceptors (Lipinski definition) is 4. The molecule has 6 heteroatoms. The van der Waals surface area contributed by atoms with Gasteiger partial charge < -0.3 is 10.4 Å². The van der Waals surface area contributed by atoms with Crippen molar-refractivity contribution in [1.29, 1.82) is 0 Å². The average Bonchev–Trinajstić information content (AvgIpc) is 3.00. The molecule has 1 saturated heterocycles. The van der Waals surface area contributed by atoms with Gasteiger partial charge in [-0.05, 0) is 57.0 Å². The third-order valence-electron chi connectivity index (χ3n) is 4.66. The second-order valence-corrected chi connectivity index (χ2v) is 6.49. The second-order valence-electron chi connectivity index (χ2n) is 6.49. The molecule has 1 aromatic carbocycles. The minimum atomic E-state index is -0.0911. The van der Waals surface area contributed by atoms with Gasteiger partial charge in [0.25, 0.3) is 5.91 Å². The van der Waals surface area contributed by atoms with Crippen LogP contribution in [-0.2, 0) is 6.67 Å². The van der Waals surface area contributed by atoms with E-state index >= 15 is 0 Å². The molecule has 1 amide bonds. The molecule has 0 atom stereocenters. The summed E-state index contributed by atoms with van der Waals surface area (Å²) in [7, 11) is 0. The van der Waals surface area contributed by atoms with E-state index in [0.717, 1.165) is 36.2 Å². The molecule has 24 heavy (non-hydrogen) atoms. The van der Waals surface area contributed by atoms with E-state index in [1.165, 1.54) is 19.3 Å². The van der Waals surface area contributed by atoms with Crippen LogP contribution < -0.4 is 5.32 Å². The largest absolute Gasteiger partial charge is 0.396 e. The Kier molecular flexibility index (Phi) is 5.48. The molecule has 0 saturated carbocycles. The van der Waals surface area contributed by atoms with Crippen LogP contribution in [0, 0.1) is 6.92 Å². The lowest BCUT2D eigenvalue weighted by molar-refractivity contribution is 0.0950. The number of aryl methyl sites for hydroxylation is 1. The summed E-state index contributed by atoms with van der Waals surface area (Å²) in [5.41, 5.74) is 2.56. The van der Waals surface area contributed by atoms with Crippen LogP contribution in [0.3, 0.4) is 0 Å². The van der Waals surface area contributed by atoms with E-state index in [-0.39, 0.29) is 12.5 Å². The van der Waals surface area contributed by atoms with Crippen LogP contribution in [-0.4, -0.2) is 51.9 Å². The van der Waals surface area contributed by atoms with Crippen molar-refractivity contribution in [3.63, 3.8) is 0 Å². The predicted octanol–water partition coefficient (Wildman–Crippen LogP) is 1.90. The van der Waals surface area contributed by atoms with Crippen LogP contribution in [0.25, 0.3) is 10.9 Å². The van der Waals surface area contributed by atoms with E-state index in [1.807, 2.05) is 29.9 Å². The standard InChI is InChI=1S/C18H26N4O2/c1-14-15(18(24)19-8-5-11-23)6-7-17-16(14)12-22(20-17)13-21-9-3-2-4-10-21/h6-7,12,23H,2-5,8-11,13H2,1H3,(H,19,24). The van der Waals surface area contributed by atoms with E-state index in [0.29, 0.717) is 18.5 Å². The number of likely N-dealkylation sites (tertiary alicyclic amines) is 1. The van der Waals surface area contributed by atoms with Gasteiger partial charge in [0.15, 0.2) is 0 Å². The SMILES string of the molecule is Cc1c(C(=O)NCCCO)ccc2nn(CN3CCCCC3)cc12. The van der Waals surface area contributed by atoms with Gasteiger partial charge in [0, 0.05) is 30.3 Å². The Morgan fingerprint density at radius 1 is 1.29 bits per heavy atom. The Labute approximate surface area is 142 Å². The number of carbonyl (C=O) groups is 1. The van der Waals surface area contributed by atoms with Crippen molar-refractivity contribution in [3.8, 4) is 0 Å². The highest BCUT2D eigenvalue weighted by Crippen LogP contribution is 2.21.